The van der Waals surface area contributed by atoms with E-state index in [1.807, 2.05) is 31.0 Å². The number of hydrogen-bond acceptors (Lipinski definition) is 4. The molecule has 1 fully saturated rings. The third-order valence-corrected chi connectivity index (χ3v) is 6.26. The number of aryl methyl sites for hydroxylation is 1. The number of nitrogens with one attached hydrogen (secondary N) is 2. The second-order valence-corrected chi connectivity index (χ2v) is 8.48. The van der Waals surface area contributed by atoms with E-state index in [2.05, 4.69) is 10.0 Å². The zero-order chi connectivity index (χ0) is 19.4. The molecule has 144 valence electrons. The fourth-order valence-corrected chi connectivity index (χ4v) is 4.52. The number of nitrogens with zero attached hydrogens (tertiary/aromatic N) is 1. The van der Waals surface area contributed by atoms with Crippen molar-refractivity contribution in [2.45, 2.75) is 30.7 Å². The van der Waals surface area contributed by atoms with E-state index in [-0.39, 0.29) is 16.8 Å². The van der Waals surface area contributed by atoms with Crippen molar-refractivity contribution in [3.05, 3.63) is 59.7 Å². The highest BCUT2D eigenvalue weighted by Gasteiger charge is 2.29. The minimum absolute atomic E-state index is 0.0523. The number of carbonyl (C=O) groups excluding carboxylic acids is 1. The van der Waals surface area contributed by atoms with Crippen molar-refractivity contribution in [1.82, 2.24) is 10.2 Å². The first-order valence-electron chi connectivity index (χ1n) is 9.06. The summed E-state index contributed by atoms with van der Waals surface area (Å²) < 4.78 is 27.8. The minimum atomic E-state index is -3.70. The second kappa shape index (κ2) is 8.10. The van der Waals surface area contributed by atoms with E-state index >= 15 is 0 Å². The number of sulfonamides is 1. The first-order valence-corrected chi connectivity index (χ1v) is 10.5. The number of likely N-dealkylation sites (N-methyl/N-ethyl adjacent to an activating group) is 1. The largest absolute Gasteiger partial charge is 0.334 e. The number of amides is 1. The van der Waals surface area contributed by atoms with Gasteiger partial charge in [-0.3, -0.25) is 9.52 Å². The van der Waals surface area contributed by atoms with Gasteiger partial charge in [-0.15, -0.1) is 0 Å². The number of likely N-dealkylation sites (tertiary alicyclic amines) is 1. The van der Waals surface area contributed by atoms with Crippen molar-refractivity contribution in [3.8, 4) is 0 Å². The summed E-state index contributed by atoms with van der Waals surface area (Å²) in [6.07, 6.45) is 1.98. The van der Waals surface area contributed by atoms with Gasteiger partial charge in [-0.25, -0.2) is 8.42 Å². The van der Waals surface area contributed by atoms with Crippen LogP contribution in [0.15, 0.2) is 53.4 Å². The van der Waals surface area contributed by atoms with Crippen LogP contribution in [-0.2, 0) is 10.0 Å². The number of carbonyl (C=O) groups is 1. The first kappa shape index (κ1) is 19.4. The van der Waals surface area contributed by atoms with Gasteiger partial charge in [0.2, 0.25) is 0 Å². The molecule has 2 aromatic rings. The van der Waals surface area contributed by atoms with E-state index < -0.39 is 10.0 Å². The molecule has 0 bridgehead atoms. The SMILES string of the molecule is CNCC1CCCN1C(=O)c1ccc(S(=O)(=O)Nc2ccccc2C)cc1. The zero-order valence-corrected chi connectivity index (χ0v) is 16.4. The summed E-state index contributed by atoms with van der Waals surface area (Å²) in [5, 5.41) is 3.12. The van der Waals surface area contributed by atoms with Crippen LogP contribution in [0.5, 0.6) is 0 Å². The van der Waals surface area contributed by atoms with E-state index in [0.717, 1.165) is 31.5 Å². The maximum atomic E-state index is 12.8. The van der Waals surface area contributed by atoms with Crippen LogP contribution in [0.2, 0.25) is 0 Å². The Morgan fingerprint density at radius 3 is 2.52 bits per heavy atom. The molecule has 1 unspecified atom stereocenters. The van der Waals surface area contributed by atoms with Crippen LogP contribution < -0.4 is 10.0 Å². The van der Waals surface area contributed by atoms with Crippen molar-refractivity contribution < 1.29 is 13.2 Å². The highest BCUT2D eigenvalue weighted by atomic mass is 32.2. The maximum absolute atomic E-state index is 12.8. The van der Waals surface area contributed by atoms with Gasteiger partial charge in [0.15, 0.2) is 0 Å². The number of rotatable bonds is 6. The summed E-state index contributed by atoms with van der Waals surface area (Å²) in [6, 6.07) is 13.5. The van der Waals surface area contributed by atoms with Gasteiger partial charge in [0.1, 0.15) is 0 Å². The average Bonchev–Trinajstić information content (AvgIpc) is 3.12. The molecular formula is C20H25N3O3S. The first-order chi connectivity index (χ1) is 12.9. The second-order valence-electron chi connectivity index (χ2n) is 6.80. The highest BCUT2D eigenvalue weighted by Crippen LogP contribution is 2.22. The van der Waals surface area contributed by atoms with E-state index in [1.165, 1.54) is 12.1 Å². The molecule has 2 N–H and O–H groups in total. The predicted octanol–water partition coefficient (Wildman–Crippen LogP) is 2.62. The lowest BCUT2D eigenvalue weighted by atomic mass is 10.1. The van der Waals surface area contributed by atoms with Gasteiger partial charge in [0, 0.05) is 24.7 Å². The van der Waals surface area contributed by atoms with E-state index in [1.54, 1.807) is 24.3 Å². The van der Waals surface area contributed by atoms with Gasteiger partial charge in [-0.2, -0.15) is 0 Å². The molecule has 0 spiro atoms. The van der Waals surface area contributed by atoms with Gasteiger partial charge in [0.25, 0.3) is 15.9 Å². The van der Waals surface area contributed by atoms with E-state index in [0.29, 0.717) is 11.3 Å². The maximum Gasteiger partial charge on any atom is 0.261 e. The molecule has 1 saturated heterocycles. The Labute approximate surface area is 160 Å². The van der Waals surface area contributed by atoms with Gasteiger partial charge < -0.3 is 10.2 Å². The molecule has 1 amide bonds. The quantitative estimate of drug-likeness (QED) is 0.799. The summed E-state index contributed by atoms with van der Waals surface area (Å²) in [5.74, 6) is -0.0523. The molecule has 27 heavy (non-hydrogen) atoms. The molecule has 0 aliphatic carbocycles. The molecule has 0 aromatic heterocycles. The lowest BCUT2D eigenvalue weighted by molar-refractivity contribution is 0.0737. The van der Waals surface area contributed by atoms with Crippen LogP contribution in [0, 0.1) is 6.92 Å². The Kier molecular flexibility index (Phi) is 5.82. The average molecular weight is 388 g/mol. The van der Waals surface area contributed by atoms with Crippen LogP contribution in [0.25, 0.3) is 0 Å². The Bertz CT molecular complexity index is 910. The molecule has 1 aliphatic heterocycles. The molecule has 6 nitrogen and oxygen atoms in total. The Morgan fingerprint density at radius 2 is 1.85 bits per heavy atom. The third-order valence-electron chi connectivity index (χ3n) is 4.88. The highest BCUT2D eigenvalue weighted by molar-refractivity contribution is 7.92. The normalized spacial score (nSPS) is 17.1. The third kappa shape index (κ3) is 4.31. The smallest absolute Gasteiger partial charge is 0.261 e. The van der Waals surface area contributed by atoms with Crippen LogP contribution in [0.3, 0.4) is 0 Å². The van der Waals surface area contributed by atoms with Gasteiger partial charge in [-0.1, -0.05) is 18.2 Å². The number of para-hydroxylation sites is 1. The molecule has 1 atom stereocenters. The van der Waals surface area contributed by atoms with Crippen LogP contribution >= 0.6 is 0 Å². The molecule has 0 radical (unpaired) electrons. The summed E-state index contributed by atoms with van der Waals surface area (Å²) in [6.45, 7) is 3.34. The zero-order valence-electron chi connectivity index (χ0n) is 15.6. The molecule has 3 rings (SSSR count). The minimum Gasteiger partial charge on any atom is -0.334 e. The van der Waals surface area contributed by atoms with Gasteiger partial charge in [-0.05, 0) is 62.7 Å². The molecule has 7 heteroatoms. The topological polar surface area (TPSA) is 78.5 Å². The van der Waals surface area contributed by atoms with Gasteiger partial charge >= 0.3 is 0 Å². The fourth-order valence-electron chi connectivity index (χ4n) is 3.38. The van der Waals surface area contributed by atoms with E-state index in [9.17, 15) is 13.2 Å². The molecule has 1 heterocycles. The van der Waals surface area contributed by atoms with E-state index in [4.69, 9.17) is 0 Å². The summed E-state index contributed by atoms with van der Waals surface area (Å²) in [5.41, 5.74) is 1.90. The number of anilines is 1. The number of hydrogen-bond donors (Lipinski definition) is 2. The van der Waals surface area contributed by atoms with Crippen molar-refractivity contribution in [3.63, 3.8) is 0 Å². The van der Waals surface area contributed by atoms with Crippen molar-refractivity contribution >= 4 is 21.6 Å². The molecule has 2 aromatic carbocycles. The predicted molar refractivity (Wildman–Crippen MR) is 106 cm³/mol. The van der Waals surface area contributed by atoms with Crippen molar-refractivity contribution in [2.75, 3.05) is 24.9 Å². The Hall–Kier alpha value is -2.38. The van der Waals surface area contributed by atoms with Crippen LogP contribution in [0.1, 0.15) is 28.8 Å². The lowest BCUT2D eigenvalue weighted by Gasteiger charge is -2.24. The number of benzene rings is 2. The molecule has 0 saturated carbocycles. The summed E-state index contributed by atoms with van der Waals surface area (Å²) in [4.78, 5) is 14.8. The monoisotopic (exact) mass is 387 g/mol. The Balaban J connectivity index is 1.76. The summed E-state index contributed by atoms with van der Waals surface area (Å²) >= 11 is 0. The molecule has 1 aliphatic rings. The standard InChI is InChI=1S/C20H25N3O3S/c1-15-6-3-4-8-19(15)22-27(25,26)18-11-9-16(10-12-18)20(24)23-13-5-7-17(23)14-21-2/h3-4,6,8-12,17,21-22H,5,7,13-14H2,1-2H3. The lowest BCUT2D eigenvalue weighted by Crippen LogP contribution is -2.40. The van der Waals surface area contributed by atoms with Crippen molar-refractivity contribution in [1.29, 1.82) is 0 Å². The summed E-state index contributed by atoms with van der Waals surface area (Å²) in [7, 11) is -1.82. The van der Waals surface area contributed by atoms with Gasteiger partial charge in [0.05, 0.1) is 10.6 Å². The van der Waals surface area contributed by atoms with Crippen LogP contribution in [-0.4, -0.2) is 45.4 Å². The molecular weight excluding hydrogens is 362 g/mol. The van der Waals surface area contributed by atoms with Crippen molar-refractivity contribution in [2.24, 2.45) is 0 Å². The Morgan fingerprint density at radius 1 is 1.15 bits per heavy atom. The fraction of sp³-hybridized carbons (Fsp3) is 0.350. The van der Waals surface area contributed by atoms with Crippen LogP contribution in [0.4, 0.5) is 5.69 Å².